The summed E-state index contributed by atoms with van der Waals surface area (Å²) >= 11 is 1.47. The minimum Gasteiger partial charge on any atom is -0.267 e. The van der Waals surface area contributed by atoms with Crippen molar-refractivity contribution < 1.29 is 13.6 Å². The molecule has 0 radical (unpaired) electrons. The van der Waals surface area contributed by atoms with E-state index in [0.29, 0.717) is 0 Å². The first-order chi connectivity index (χ1) is 9.08. The highest BCUT2D eigenvalue weighted by atomic mass is 32.1. The predicted molar refractivity (Wildman–Crippen MR) is 70.5 cm³/mol. The molecule has 0 saturated carbocycles. The van der Waals surface area contributed by atoms with E-state index in [9.17, 15) is 13.6 Å². The summed E-state index contributed by atoms with van der Waals surface area (Å²) in [7, 11) is 0. The van der Waals surface area contributed by atoms with E-state index in [1.165, 1.54) is 17.6 Å². The Labute approximate surface area is 112 Å². The molecule has 1 aromatic heterocycles. The van der Waals surface area contributed by atoms with E-state index in [1.807, 2.05) is 18.4 Å². The first-order valence-corrected chi connectivity index (χ1v) is 6.28. The van der Waals surface area contributed by atoms with Gasteiger partial charge in [-0.1, -0.05) is 0 Å². The molecule has 0 bridgehead atoms. The number of rotatable bonds is 3. The van der Waals surface area contributed by atoms with Gasteiger partial charge in [0.1, 0.15) is 11.6 Å². The van der Waals surface area contributed by atoms with Crippen molar-refractivity contribution in [2.45, 2.75) is 6.92 Å². The lowest BCUT2D eigenvalue weighted by atomic mass is 10.2. The topological polar surface area (TPSA) is 41.5 Å². The van der Waals surface area contributed by atoms with Gasteiger partial charge in [-0.2, -0.15) is 5.10 Å². The standard InChI is InChI=1S/C13H10F2N2OS/c1-8-4-5-19-12(8)7-16-17-13(18)10-6-9(14)2-3-11(10)15/h2-7H,1H3,(H,17,18)/b16-7+. The molecule has 3 nitrogen and oxygen atoms in total. The number of halogens is 2. The number of hydrogen-bond acceptors (Lipinski definition) is 3. The van der Waals surface area contributed by atoms with E-state index in [1.54, 1.807) is 0 Å². The molecule has 1 N–H and O–H groups in total. The Morgan fingerprint density at radius 3 is 2.84 bits per heavy atom. The highest BCUT2D eigenvalue weighted by molar-refractivity contribution is 7.11. The molecule has 0 aliphatic carbocycles. The fourth-order valence-corrected chi connectivity index (χ4v) is 2.18. The zero-order valence-electron chi connectivity index (χ0n) is 9.98. The van der Waals surface area contributed by atoms with Crippen molar-refractivity contribution in [3.8, 4) is 0 Å². The van der Waals surface area contributed by atoms with Gasteiger partial charge in [-0.15, -0.1) is 11.3 Å². The number of aryl methyl sites for hydroxylation is 1. The highest BCUT2D eigenvalue weighted by Gasteiger charge is 2.11. The van der Waals surface area contributed by atoms with Gasteiger partial charge in [-0.05, 0) is 42.1 Å². The summed E-state index contributed by atoms with van der Waals surface area (Å²) in [4.78, 5) is 12.5. The summed E-state index contributed by atoms with van der Waals surface area (Å²) in [6.07, 6.45) is 1.47. The van der Waals surface area contributed by atoms with Gasteiger partial charge >= 0.3 is 0 Å². The molecule has 0 aliphatic rings. The molecular formula is C13H10F2N2OS. The van der Waals surface area contributed by atoms with Crippen LogP contribution in [-0.2, 0) is 0 Å². The lowest BCUT2D eigenvalue weighted by Gasteiger charge is -2.01. The molecule has 0 spiro atoms. The minimum absolute atomic E-state index is 0.375. The van der Waals surface area contributed by atoms with Crippen molar-refractivity contribution in [1.82, 2.24) is 5.43 Å². The van der Waals surface area contributed by atoms with Gasteiger partial charge in [-0.25, -0.2) is 14.2 Å². The number of benzene rings is 1. The largest absolute Gasteiger partial charge is 0.274 e. The van der Waals surface area contributed by atoms with E-state index in [-0.39, 0.29) is 5.56 Å². The summed E-state index contributed by atoms with van der Waals surface area (Å²) in [5, 5.41) is 5.61. The van der Waals surface area contributed by atoms with Crippen LogP contribution < -0.4 is 5.43 Å². The maximum atomic E-state index is 13.3. The Bertz CT molecular complexity index is 637. The van der Waals surface area contributed by atoms with E-state index in [2.05, 4.69) is 10.5 Å². The Morgan fingerprint density at radius 1 is 1.37 bits per heavy atom. The maximum absolute atomic E-state index is 13.3. The van der Waals surface area contributed by atoms with Crippen LogP contribution in [0.2, 0.25) is 0 Å². The monoisotopic (exact) mass is 280 g/mol. The third-order valence-electron chi connectivity index (χ3n) is 2.42. The predicted octanol–water partition coefficient (Wildman–Crippen LogP) is 3.10. The van der Waals surface area contributed by atoms with Gasteiger partial charge in [0.05, 0.1) is 11.8 Å². The van der Waals surface area contributed by atoms with Gasteiger partial charge in [0, 0.05) is 4.88 Å². The second-order valence-electron chi connectivity index (χ2n) is 3.79. The maximum Gasteiger partial charge on any atom is 0.274 e. The number of amides is 1. The number of carbonyl (C=O) groups excluding carboxylic acids is 1. The first kappa shape index (κ1) is 13.4. The van der Waals surface area contributed by atoms with Crippen LogP contribution in [0.1, 0.15) is 20.8 Å². The summed E-state index contributed by atoms with van der Waals surface area (Å²) in [5.74, 6) is -2.26. The first-order valence-electron chi connectivity index (χ1n) is 5.40. The molecule has 1 amide bonds. The van der Waals surface area contributed by atoms with Crippen molar-refractivity contribution >= 4 is 23.5 Å². The molecule has 0 saturated heterocycles. The minimum atomic E-state index is -0.790. The Kier molecular flexibility index (Phi) is 4.01. The lowest BCUT2D eigenvalue weighted by Crippen LogP contribution is -2.19. The SMILES string of the molecule is Cc1ccsc1/C=N/NC(=O)c1cc(F)ccc1F. The van der Waals surface area contributed by atoms with Crippen molar-refractivity contribution in [1.29, 1.82) is 0 Å². The lowest BCUT2D eigenvalue weighted by molar-refractivity contribution is 0.0950. The van der Waals surface area contributed by atoms with Gasteiger partial charge in [0.25, 0.3) is 5.91 Å². The fourth-order valence-electron chi connectivity index (χ4n) is 1.40. The van der Waals surface area contributed by atoms with Crippen molar-refractivity contribution in [3.63, 3.8) is 0 Å². The Balaban J connectivity index is 2.08. The number of nitrogens with zero attached hydrogens (tertiary/aromatic N) is 1. The van der Waals surface area contributed by atoms with Crippen LogP contribution in [-0.4, -0.2) is 12.1 Å². The van der Waals surface area contributed by atoms with E-state index < -0.39 is 17.5 Å². The van der Waals surface area contributed by atoms with Gasteiger partial charge in [0.15, 0.2) is 0 Å². The molecule has 2 rings (SSSR count). The summed E-state index contributed by atoms with van der Waals surface area (Å²) < 4.78 is 26.2. The molecule has 19 heavy (non-hydrogen) atoms. The number of hydrazone groups is 1. The Morgan fingerprint density at radius 2 is 2.16 bits per heavy atom. The van der Waals surface area contributed by atoms with Gasteiger partial charge in [-0.3, -0.25) is 4.79 Å². The van der Waals surface area contributed by atoms with E-state index in [0.717, 1.165) is 28.6 Å². The molecule has 0 unspecified atom stereocenters. The van der Waals surface area contributed by atoms with Crippen LogP contribution in [0.3, 0.4) is 0 Å². The molecule has 0 fully saturated rings. The molecule has 1 aromatic carbocycles. The zero-order chi connectivity index (χ0) is 13.8. The van der Waals surface area contributed by atoms with E-state index >= 15 is 0 Å². The number of hydrogen-bond donors (Lipinski definition) is 1. The van der Waals surface area contributed by atoms with Crippen LogP contribution in [0.5, 0.6) is 0 Å². The number of nitrogens with one attached hydrogen (secondary N) is 1. The van der Waals surface area contributed by atoms with E-state index in [4.69, 9.17) is 0 Å². The summed E-state index contributed by atoms with van der Waals surface area (Å²) in [5.41, 5.74) is 2.82. The van der Waals surface area contributed by atoms with Crippen LogP contribution in [0.15, 0.2) is 34.7 Å². The van der Waals surface area contributed by atoms with Crippen molar-refractivity contribution in [2.24, 2.45) is 5.10 Å². The number of carbonyl (C=O) groups is 1. The third-order valence-corrected chi connectivity index (χ3v) is 3.38. The normalized spacial score (nSPS) is 10.9. The highest BCUT2D eigenvalue weighted by Crippen LogP contribution is 2.12. The smallest absolute Gasteiger partial charge is 0.267 e. The molecule has 98 valence electrons. The van der Waals surface area contributed by atoms with Crippen LogP contribution >= 0.6 is 11.3 Å². The molecule has 6 heteroatoms. The molecule has 1 heterocycles. The molecule has 0 atom stereocenters. The van der Waals surface area contributed by atoms with Crippen LogP contribution in [0, 0.1) is 18.6 Å². The van der Waals surface area contributed by atoms with Crippen molar-refractivity contribution in [3.05, 3.63) is 57.3 Å². The quantitative estimate of drug-likeness (QED) is 0.681. The molecule has 0 aliphatic heterocycles. The summed E-state index contributed by atoms with van der Waals surface area (Å²) in [6, 6.07) is 4.60. The van der Waals surface area contributed by atoms with Gasteiger partial charge < -0.3 is 0 Å². The number of thiophene rings is 1. The fraction of sp³-hybridized carbons (Fsp3) is 0.0769. The average Bonchev–Trinajstić information content (AvgIpc) is 2.78. The molecule has 2 aromatic rings. The molecular weight excluding hydrogens is 270 g/mol. The Hall–Kier alpha value is -2.08. The zero-order valence-corrected chi connectivity index (χ0v) is 10.8. The van der Waals surface area contributed by atoms with Crippen molar-refractivity contribution in [2.75, 3.05) is 0 Å². The van der Waals surface area contributed by atoms with Crippen LogP contribution in [0.4, 0.5) is 8.78 Å². The van der Waals surface area contributed by atoms with Gasteiger partial charge in [0.2, 0.25) is 0 Å². The van der Waals surface area contributed by atoms with Crippen LogP contribution in [0.25, 0.3) is 0 Å². The third kappa shape index (κ3) is 3.23. The summed E-state index contributed by atoms with van der Waals surface area (Å²) in [6.45, 7) is 1.91. The second kappa shape index (κ2) is 5.71. The average molecular weight is 280 g/mol. The second-order valence-corrected chi connectivity index (χ2v) is 4.74.